The third kappa shape index (κ3) is 11.6. The first kappa shape index (κ1) is 39.6. The van der Waals surface area contributed by atoms with Crippen LogP contribution in [-0.2, 0) is 16.2 Å². The Hall–Kier alpha value is -1.53. The van der Waals surface area contributed by atoms with E-state index in [1.54, 1.807) is 0 Å². The van der Waals surface area contributed by atoms with Gasteiger partial charge in [-0.3, -0.25) is 0 Å². The fourth-order valence-corrected chi connectivity index (χ4v) is 7.26. The maximum absolute atomic E-state index is 7.22. The van der Waals surface area contributed by atoms with E-state index >= 15 is 0 Å². The van der Waals surface area contributed by atoms with E-state index in [9.17, 15) is 0 Å². The van der Waals surface area contributed by atoms with E-state index in [2.05, 4.69) is 126 Å². The molecule has 0 amide bonds. The second kappa shape index (κ2) is 18.1. The summed E-state index contributed by atoms with van der Waals surface area (Å²) in [5, 5.41) is -0.348. The van der Waals surface area contributed by atoms with Crippen LogP contribution in [0.4, 0.5) is 0 Å². The quantitative estimate of drug-likeness (QED) is 0.119. The van der Waals surface area contributed by atoms with Crippen molar-refractivity contribution in [2.24, 2.45) is 5.92 Å². The number of ether oxygens (including phenoxy) is 1. The molecule has 3 heteroatoms. The van der Waals surface area contributed by atoms with Gasteiger partial charge in [0.05, 0.1) is 0 Å². The van der Waals surface area contributed by atoms with Crippen LogP contribution in [0.3, 0.4) is 0 Å². The molecule has 0 aliphatic carbocycles. The predicted octanol–water partition coefficient (Wildman–Crippen LogP) is 14.1. The highest BCUT2D eigenvalue weighted by atomic mass is 31.1. The Labute approximate surface area is 282 Å². The Kier molecular flexibility index (Phi) is 16.0. The van der Waals surface area contributed by atoms with Crippen LogP contribution < -0.4 is 9.26 Å². The van der Waals surface area contributed by atoms with Crippen molar-refractivity contribution in [3.63, 3.8) is 0 Å². The average molecular weight is 639 g/mol. The van der Waals surface area contributed by atoms with Crippen LogP contribution >= 0.6 is 8.81 Å². The molecule has 3 atom stereocenters. The van der Waals surface area contributed by atoms with Gasteiger partial charge in [0, 0.05) is 5.56 Å². The van der Waals surface area contributed by atoms with E-state index < -0.39 is 0 Å². The number of rotatable bonds is 22. The lowest BCUT2D eigenvalue weighted by Crippen LogP contribution is -2.33. The molecule has 3 unspecified atom stereocenters. The monoisotopic (exact) mass is 639 g/mol. The maximum Gasteiger partial charge on any atom is 0.160 e. The summed E-state index contributed by atoms with van der Waals surface area (Å²) >= 11 is 0. The fourth-order valence-electron chi connectivity index (χ4n) is 6.25. The first-order chi connectivity index (χ1) is 21.2. The van der Waals surface area contributed by atoms with Gasteiger partial charge < -0.3 is 9.26 Å². The Bertz CT molecular complexity index is 1120. The van der Waals surface area contributed by atoms with Crippen molar-refractivity contribution in [3.8, 4) is 11.5 Å². The molecule has 2 aromatic carbocycles. The molecule has 0 bridgehead atoms. The zero-order chi connectivity index (χ0) is 33.7. The average Bonchev–Trinajstić information content (AvgIpc) is 3.03. The summed E-state index contributed by atoms with van der Waals surface area (Å²) < 4.78 is 13.8. The minimum atomic E-state index is -0.348. The third-order valence-corrected chi connectivity index (χ3v) is 12.3. The summed E-state index contributed by atoms with van der Waals surface area (Å²) in [5.41, 5.74) is 4.47. The maximum atomic E-state index is 7.22. The molecule has 0 N–H and O–H groups in total. The van der Waals surface area contributed by atoms with E-state index in [0.29, 0.717) is 0 Å². The number of benzene rings is 2. The van der Waals surface area contributed by atoms with E-state index in [-0.39, 0.29) is 30.4 Å². The van der Waals surface area contributed by atoms with Crippen molar-refractivity contribution >= 4 is 8.81 Å². The van der Waals surface area contributed by atoms with E-state index in [0.717, 1.165) is 55.9 Å². The Morgan fingerprint density at radius 1 is 0.600 bits per heavy atom. The van der Waals surface area contributed by atoms with Gasteiger partial charge in [0.25, 0.3) is 0 Å². The van der Waals surface area contributed by atoms with E-state index in [4.69, 9.17) is 9.26 Å². The molecule has 0 fully saturated rings. The minimum absolute atomic E-state index is 0.0173. The summed E-state index contributed by atoms with van der Waals surface area (Å²) in [6.45, 7) is 28.1. The number of unbranched alkanes of at least 4 members (excludes halogenated alkanes) is 2. The molecule has 0 radical (unpaired) electrons. The van der Waals surface area contributed by atoms with Crippen molar-refractivity contribution in [1.82, 2.24) is 0 Å². The number of hydrogen-bond acceptors (Lipinski definition) is 2. The summed E-state index contributed by atoms with van der Waals surface area (Å²) in [6.07, 6.45) is 15.6. The summed E-state index contributed by atoms with van der Waals surface area (Å²) in [7, 11) is 0.231. The molecule has 0 aliphatic heterocycles. The molecule has 0 heterocycles. The van der Waals surface area contributed by atoms with Gasteiger partial charge in [-0.05, 0) is 96.4 Å². The fraction of sp³-hybridized carbons (Fsp3) is 0.714. The van der Waals surface area contributed by atoms with Crippen LogP contribution in [0.25, 0.3) is 0 Å². The van der Waals surface area contributed by atoms with Crippen LogP contribution in [-0.4, -0.2) is 5.34 Å². The lowest BCUT2D eigenvalue weighted by atomic mass is 9.74. The Balaban J connectivity index is 2.39. The summed E-state index contributed by atoms with van der Waals surface area (Å²) in [6, 6.07) is 15.9. The Morgan fingerprint density at radius 3 is 1.78 bits per heavy atom. The van der Waals surface area contributed by atoms with Crippen LogP contribution in [0.1, 0.15) is 183 Å². The first-order valence-corrected chi connectivity index (χ1v) is 19.5. The third-order valence-electron chi connectivity index (χ3n) is 10.9. The molecule has 256 valence electrons. The van der Waals surface area contributed by atoms with Crippen molar-refractivity contribution in [2.45, 2.75) is 188 Å². The smallest absolute Gasteiger partial charge is 0.160 e. The molecule has 2 nitrogen and oxygen atoms in total. The molecule has 0 spiro atoms. The summed E-state index contributed by atoms with van der Waals surface area (Å²) in [4.78, 5) is 0. The van der Waals surface area contributed by atoms with Crippen molar-refractivity contribution in [1.29, 1.82) is 0 Å². The van der Waals surface area contributed by atoms with Crippen molar-refractivity contribution < 1.29 is 9.26 Å². The van der Waals surface area contributed by atoms with E-state index in [1.807, 2.05) is 0 Å². The molecular weight excluding hydrogens is 567 g/mol. The summed E-state index contributed by atoms with van der Waals surface area (Å²) in [5.74, 6) is 2.83. The lowest BCUT2D eigenvalue weighted by Gasteiger charge is -2.37. The zero-order valence-corrected chi connectivity index (χ0v) is 32.6. The van der Waals surface area contributed by atoms with Crippen LogP contribution in [0.2, 0.25) is 0 Å². The second-order valence-electron chi connectivity index (χ2n) is 15.7. The Morgan fingerprint density at radius 2 is 1.22 bits per heavy atom. The second-order valence-corrected chi connectivity index (χ2v) is 17.0. The van der Waals surface area contributed by atoms with Crippen LogP contribution in [0, 0.1) is 5.92 Å². The largest absolute Gasteiger partial charge is 0.479 e. The van der Waals surface area contributed by atoms with Crippen LogP contribution in [0.5, 0.6) is 11.5 Å². The van der Waals surface area contributed by atoms with Gasteiger partial charge >= 0.3 is 0 Å². The topological polar surface area (TPSA) is 18.5 Å². The van der Waals surface area contributed by atoms with Gasteiger partial charge in [-0.25, -0.2) is 0 Å². The van der Waals surface area contributed by atoms with Gasteiger partial charge in [0.2, 0.25) is 0 Å². The molecule has 2 aromatic rings. The zero-order valence-electron chi connectivity index (χ0n) is 31.6. The molecule has 0 saturated heterocycles. The van der Waals surface area contributed by atoms with E-state index in [1.165, 1.54) is 61.6 Å². The van der Waals surface area contributed by atoms with Crippen molar-refractivity contribution in [2.75, 3.05) is 0 Å². The first-order valence-electron chi connectivity index (χ1n) is 18.6. The molecule has 0 saturated carbocycles. The molecular formula is C42H71O2P. The molecule has 0 aliphatic rings. The molecule has 0 aromatic heterocycles. The van der Waals surface area contributed by atoms with Crippen molar-refractivity contribution in [3.05, 3.63) is 59.2 Å². The highest BCUT2D eigenvalue weighted by Crippen LogP contribution is 2.47. The van der Waals surface area contributed by atoms with Gasteiger partial charge in [-0.2, -0.15) is 0 Å². The van der Waals surface area contributed by atoms with Gasteiger partial charge in [0.15, 0.2) is 5.34 Å². The number of hydrogen-bond donors (Lipinski definition) is 0. The highest BCUT2D eigenvalue weighted by molar-refractivity contribution is 7.34. The SMILES string of the molecule is CCCCC(CCC)CCC(C)(C)c1ccc(OC(CC)(CCCC)POc2ccc(C(C)(C)CC)cc2)c(C(C)(C)CC)c1. The highest BCUT2D eigenvalue weighted by Gasteiger charge is 2.35. The predicted molar refractivity (Wildman–Crippen MR) is 202 cm³/mol. The van der Waals surface area contributed by atoms with Gasteiger partial charge in [-0.15, -0.1) is 0 Å². The lowest BCUT2D eigenvalue weighted by molar-refractivity contribution is 0.133. The molecule has 45 heavy (non-hydrogen) atoms. The molecule has 2 rings (SSSR count). The standard InChI is InChI=1S/C42H71O2P/c1-13-19-22-33(21-15-3)29-31-41(11,12)35-25-28-38(37(32-35)40(9,10)17-5)43-42(18-6,30-20-14-2)45-44-36-26-23-34(24-27-36)39(7,8)16-4/h23-28,32-33,45H,13-22,29-31H2,1-12H3. The van der Waals surface area contributed by atoms with Gasteiger partial charge in [-0.1, -0.05) is 146 Å². The van der Waals surface area contributed by atoms with Gasteiger partial charge in [0.1, 0.15) is 20.3 Å². The normalized spacial score (nSPS) is 14.9. The minimum Gasteiger partial charge on any atom is -0.479 e. The van der Waals surface area contributed by atoms with Crippen LogP contribution in [0.15, 0.2) is 42.5 Å².